The monoisotopic (exact) mass is 267 g/mol. The quantitative estimate of drug-likeness (QED) is 0.834. The molecule has 2 rings (SSSR count). The lowest BCUT2D eigenvalue weighted by Gasteiger charge is -2.13. The Morgan fingerprint density at radius 2 is 1.75 bits per heavy atom. The van der Waals surface area contributed by atoms with Crippen LogP contribution in [0, 0.1) is 0 Å². The smallest absolute Gasteiger partial charge is 0.118 e. The van der Waals surface area contributed by atoms with Gasteiger partial charge in [-0.1, -0.05) is 54.1 Å². The first-order valence-corrected chi connectivity index (χ1v) is 6.81. The molecule has 0 heterocycles. The predicted molar refractivity (Wildman–Crippen MR) is 83.8 cm³/mol. The molecule has 2 aromatic carbocycles. The molecule has 1 unspecified atom stereocenters. The predicted octanol–water partition coefficient (Wildman–Crippen LogP) is 3.88. The van der Waals surface area contributed by atoms with Crippen molar-refractivity contribution in [3.05, 3.63) is 77.4 Å². The molecule has 0 spiro atoms. The number of methoxy groups -OCH3 is 1. The highest BCUT2D eigenvalue weighted by Gasteiger charge is 2.06. The highest BCUT2D eigenvalue weighted by Crippen LogP contribution is 2.19. The van der Waals surface area contributed by atoms with E-state index in [0.717, 1.165) is 17.7 Å². The summed E-state index contributed by atoms with van der Waals surface area (Å²) >= 11 is 0. The maximum absolute atomic E-state index is 6.26. The van der Waals surface area contributed by atoms with Crippen LogP contribution < -0.4 is 10.5 Å². The van der Waals surface area contributed by atoms with Crippen molar-refractivity contribution < 1.29 is 4.74 Å². The molecule has 0 saturated carbocycles. The van der Waals surface area contributed by atoms with Gasteiger partial charge in [0.25, 0.3) is 0 Å². The third kappa shape index (κ3) is 3.72. The molecule has 2 heteroatoms. The molecule has 0 radical (unpaired) electrons. The van der Waals surface area contributed by atoms with Gasteiger partial charge in [0, 0.05) is 0 Å². The van der Waals surface area contributed by atoms with Gasteiger partial charge in [-0.15, -0.1) is 0 Å². The Labute approximate surface area is 120 Å². The Kier molecular flexibility index (Phi) is 4.97. The Hall–Kier alpha value is -2.06. The van der Waals surface area contributed by atoms with Crippen molar-refractivity contribution in [2.24, 2.45) is 5.73 Å². The second kappa shape index (κ2) is 6.92. The number of hydrogen-bond acceptors (Lipinski definition) is 2. The van der Waals surface area contributed by atoms with Crippen LogP contribution in [0.3, 0.4) is 0 Å². The van der Waals surface area contributed by atoms with Crippen LogP contribution in [0.5, 0.6) is 5.75 Å². The van der Waals surface area contributed by atoms with E-state index in [9.17, 15) is 0 Å². The average Bonchev–Trinajstić information content (AvgIpc) is 2.53. The fraction of sp³-hybridized carbons (Fsp3) is 0.222. The van der Waals surface area contributed by atoms with Gasteiger partial charge in [-0.25, -0.2) is 0 Å². The van der Waals surface area contributed by atoms with Crippen LogP contribution >= 0.6 is 0 Å². The van der Waals surface area contributed by atoms with Crippen LogP contribution in [-0.4, -0.2) is 7.11 Å². The van der Waals surface area contributed by atoms with Crippen molar-refractivity contribution in [3.63, 3.8) is 0 Å². The molecule has 0 saturated heterocycles. The summed E-state index contributed by atoms with van der Waals surface area (Å²) in [6.07, 6.45) is 3.08. The number of rotatable bonds is 5. The summed E-state index contributed by atoms with van der Waals surface area (Å²) in [6.45, 7) is 2.08. The lowest BCUT2D eigenvalue weighted by atomic mass is 9.99. The zero-order chi connectivity index (χ0) is 14.4. The zero-order valence-corrected chi connectivity index (χ0v) is 12.0. The molecule has 20 heavy (non-hydrogen) atoms. The molecule has 2 aromatic rings. The van der Waals surface area contributed by atoms with Crippen LogP contribution in [0.2, 0.25) is 0 Å². The van der Waals surface area contributed by atoms with Gasteiger partial charge in [0.05, 0.1) is 13.2 Å². The Balaban J connectivity index is 2.03. The van der Waals surface area contributed by atoms with Gasteiger partial charge in [0.2, 0.25) is 0 Å². The molecule has 0 aromatic heterocycles. The molecule has 0 fully saturated rings. The van der Waals surface area contributed by atoms with E-state index in [4.69, 9.17) is 10.5 Å². The summed E-state index contributed by atoms with van der Waals surface area (Å²) in [5.74, 6) is 0.885. The molecule has 104 valence electrons. The van der Waals surface area contributed by atoms with Gasteiger partial charge in [-0.05, 0) is 36.6 Å². The molecule has 0 aliphatic rings. The SMILES string of the molecule is COc1ccc(C/C=C(\C)C(N)c2ccccc2)cc1. The van der Waals surface area contributed by atoms with Crippen molar-refractivity contribution in [1.29, 1.82) is 0 Å². The summed E-state index contributed by atoms with van der Waals surface area (Å²) in [6, 6.07) is 18.3. The van der Waals surface area contributed by atoms with E-state index < -0.39 is 0 Å². The van der Waals surface area contributed by atoms with E-state index >= 15 is 0 Å². The number of nitrogens with two attached hydrogens (primary N) is 1. The highest BCUT2D eigenvalue weighted by molar-refractivity contribution is 5.31. The third-order valence-corrected chi connectivity index (χ3v) is 3.47. The molecule has 0 bridgehead atoms. The van der Waals surface area contributed by atoms with E-state index in [0.29, 0.717) is 0 Å². The third-order valence-electron chi connectivity index (χ3n) is 3.47. The van der Waals surface area contributed by atoms with Crippen LogP contribution in [-0.2, 0) is 6.42 Å². The number of benzene rings is 2. The van der Waals surface area contributed by atoms with E-state index in [1.807, 2.05) is 30.3 Å². The lowest BCUT2D eigenvalue weighted by Crippen LogP contribution is -2.11. The van der Waals surface area contributed by atoms with E-state index in [2.05, 4.69) is 37.3 Å². The minimum atomic E-state index is -0.0329. The molecule has 2 nitrogen and oxygen atoms in total. The first kappa shape index (κ1) is 14.4. The second-order valence-corrected chi connectivity index (χ2v) is 4.89. The van der Waals surface area contributed by atoms with Crippen molar-refractivity contribution in [3.8, 4) is 5.75 Å². The van der Waals surface area contributed by atoms with Gasteiger partial charge in [0.1, 0.15) is 5.75 Å². The second-order valence-electron chi connectivity index (χ2n) is 4.89. The standard InChI is InChI=1S/C18H21NO/c1-14(18(19)16-6-4-3-5-7-16)8-9-15-10-12-17(20-2)13-11-15/h3-8,10-13,18H,9,19H2,1-2H3/b14-8+. The van der Waals surface area contributed by atoms with Gasteiger partial charge in [-0.2, -0.15) is 0 Å². The fourth-order valence-electron chi connectivity index (χ4n) is 2.09. The average molecular weight is 267 g/mol. The summed E-state index contributed by atoms with van der Waals surface area (Å²) in [5.41, 5.74) is 9.85. The minimum absolute atomic E-state index is 0.0329. The van der Waals surface area contributed by atoms with Crippen molar-refractivity contribution >= 4 is 0 Å². The van der Waals surface area contributed by atoms with Gasteiger partial charge >= 0.3 is 0 Å². The van der Waals surface area contributed by atoms with Crippen molar-refractivity contribution in [1.82, 2.24) is 0 Å². The molecular formula is C18H21NO. The highest BCUT2D eigenvalue weighted by atomic mass is 16.5. The summed E-state index contributed by atoms with van der Waals surface area (Å²) in [7, 11) is 1.68. The molecule has 0 amide bonds. The van der Waals surface area contributed by atoms with Crippen molar-refractivity contribution in [2.75, 3.05) is 7.11 Å². The van der Waals surface area contributed by atoms with Crippen molar-refractivity contribution in [2.45, 2.75) is 19.4 Å². The first-order valence-electron chi connectivity index (χ1n) is 6.81. The Bertz CT molecular complexity index is 558. The first-order chi connectivity index (χ1) is 9.70. The number of hydrogen-bond donors (Lipinski definition) is 1. The molecular weight excluding hydrogens is 246 g/mol. The van der Waals surface area contributed by atoms with Gasteiger partial charge in [-0.3, -0.25) is 0 Å². The molecule has 2 N–H and O–H groups in total. The summed E-state index contributed by atoms with van der Waals surface area (Å²) in [5, 5.41) is 0. The molecule has 0 aliphatic heterocycles. The fourth-order valence-corrected chi connectivity index (χ4v) is 2.09. The lowest BCUT2D eigenvalue weighted by molar-refractivity contribution is 0.414. The van der Waals surface area contributed by atoms with Gasteiger partial charge < -0.3 is 10.5 Å². The maximum Gasteiger partial charge on any atom is 0.118 e. The van der Waals surface area contributed by atoms with Gasteiger partial charge in [0.15, 0.2) is 0 Å². The minimum Gasteiger partial charge on any atom is -0.497 e. The van der Waals surface area contributed by atoms with E-state index in [1.54, 1.807) is 7.11 Å². The largest absolute Gasteiger partial charge is 0.497 e. The Morgan fingerprint density at radius 1 is 1.10 bits per heavy atom. The number of ether oxygens (including phenoxy) is 1. The van der Waals surface area contributed by atoms with Crippen LogP contribution in [0.25, 0.3) is 0 Å². The van der Waals surface area contributed by atoms with Crippen LogP contribution in [0.1, 0.15) is 24.1 Å². The molecule has 0 aliphatic carbocycles. The zero-order valence-electron chi connectivity index (χ0n) is 12.0. The van der Waals surface area contributed by atoms with Crippen LogP contribution in [0.4, 0.5) is 0 Å². The summed E-state index contributed by atoms with van der Waals surface area (Å²) < 4.78 is 5.16. The number of allylic oxidation sites excluding steroid dienone is 1. The van der Waals surface area contributed by atoms with E-state index in [1.165, 1.54) is 11.1 Å². The molecule has 1 atom stereocenters. The van der Waals surface area contributed by atoms with Crippen LogP contribution in [0.15, 0.2) is 66.2 Å². The summed E-state index contributed by atoms with van der Waals surface area (Å²) in [4.78, 5) is 0. The Morgan fingerprint density at radius 3 is 2.35 bits per heavy atom. The maximum atomic E-state index is 6.26. The topological polar surface area (TPSA) is 35.2 Å². The normalized spacial score (nSPS) is 13.1. The van der Waals surface area contributed by atoms with E-state index in [-0.39, 0.29) is 6.04 Å².